The lowest BCUT2D eigenvalue weighted by atomic mass is 10.2. The van der Waals surface area contributed by atoms with Gasteiger partial charge in [-0.2, -0.15) is 0 Å². The molecule has 1 aromatic carbocycles. The predicted octanol–water partition coefficient (Wildman–Crippen LogP) is 1.58. The number of aromatic nitrogens is 2. The Balaban J connectivity index is 2.05. The van der Waals surface area contributed by atoms with Crippen LogP contribution in [-0.4, -0.2) is 15.1 Å². The Morgan fingerprint density at radius 1 is 1.19 bits per heavy atom. The molecule has 0 aliphatic carbocycles. The van der Waals surface area contributed by atoms with E-state index >= 15 is 0 Å². The summed E-state index contributed by atoms with van der Waals surface area (Å²) in [5.41, 5.74) is 1.88. The molecule has 2 rings (SSSR count). The van der Waals surface area contributed by atoms with Gasteiger partial charge >= 0.3 is 0 Å². The molecule has 0 radical (unpaired) electrons. The van der Waals surface area contributed by atoms with Crippen molar-refractivity contribution in [3.63, 3.8) is 0 Å². The summed E-state index contributed by atoms with van der Waals surface area (Å²) in [5, 5.41) is 12.3. The minimum absolute atomic E-state index is 0.0576. The van der Waals surface area contributed by atoms with E-state index in [1.807, 2.05) is 30.3 Å². The van der Waals surface area contributed by atoms with Crippen LogP contribution in [-0.2, 0) is 13.2 Å². The lowest BCUT2D eigenvalue weighted by Crippen LogP contribution is -2.04. The molecule has 2 aromatic rings. The molecule has 4 heteroatoms. The van der Waals surface area contributed by atoms with E-state index in [2.05, 4.69) is 15.3 Å². The molecular formula is C12H13N3O. The van der Waals surface area contributed by atoms with E-state index in [9.17, 15) is 0 Å². The third kappa shape index (κ3) is 2.55. The van der Waals surface area contributed by atoms with Gasteiger partial charge in [0.2, 0.25) is 0 Å². The number of aliphatic hydroxyl groups is 1. The summed E-state index contributed by atoms with van der Waals surface area (Å²) in [6.45, 7) is 0.628. The summed E-state index contributed by atoms with van der Waals surface area (Å²) >= 11 is 0. The molecule has 0 saturated carbocycles. The Hall–Kier alpha value is -1.94. The number of nitrogens with zero attached hydrogens (tertiary/aromatic N) is 2. The summed E-state index contributed by atoms with van der Waals surface area (Å²) < 4.78 is 0. The lowest BCUT2D eigenvalue weighted by Gasteiger charge is -2.08. The molecule has 1 heterocycles. The predicted molar refractivity (Wildman–Crippen MR) is 61.7 cm³/mol. The van der Waals surface area contributed by atoms with E-state index in [4.69, 9.17) is 5.11 Å². The van der Waals surface area contributed by atoms with Crippen LogP contribution in [0.1, 0.15) is 11.1 Å². The van der Waals surface area contributed by atoms with Gasteiger partial charge in [0.15, 0.2) is 0 Å². The van der Waals surface area contributed by atoms with Gasteiger partial charge in [0.05, 0.1) is 6.61 Å². The molecule has 0 bridgehead atoms. The van der Waals surface area contributed by atoms with E-state index in [1.165, 1.54) is 11.9 Å². The zero-order valence-corrected chi connectivity index (χ0v) is 8.80. The fraction of sp³-hybridized carbons (Fsp3) is 0.167. The van der Waals surface area contributed by atoms with Gasteiger partial charge < -0.3 is 10.4 Å². The molecule has 0 aliphatic rings. The number of aliphatic hydroxyl groups excluding tert-OH is 1. The second kappa shape index (κ2) is 5.23. The van der Waals surface area contributed by atoms with Crippen LogP contribution in [0.2, 0.25) is 0 Å². The van der Waals surface area contributed by atoms with Crippen molar-refractivity contribution in [1.82, 2.24) is 9.97 Å². The van der Waals surface area contributed by atoms with Crippen LogP contribution in [0.25, 0.3) is 0 Å². The molecule has 16 heavy (non-hydrogen) atoms. The number of nitrogens with one attached hydrogen (secondary N) is 1. The zero-order valence-electron chi connectivity index (χ0n) is 8.80. The highest BCUT2D eigenvalue weighted by atomic mass is 16.3. The normalized spacial score (nSPS) is 10.1. The molecule has 0 unspecified atom stereocenters. The Bertz CT molecular complexity index is 445. The van der Waals surface area contributed by atoms with Crippen molar-refractivity contribution in [2.24, 2.45) is 0 Å². The van der Waals surface area contributed by atoms with Crippen LogP contribution in [0.3, 0.4) is 0 Å². The second-order valence-corrected chi connectivity index (χ2v) is 3.39. The van der Waals surface area contributed by atoms with E-state index in [1.54, 1.807) is 6.20 Å². The molecule has 0 spiro atoms. The molecule has 1 aromatic heterocycles. The summed E-state index contributed by atoms with van der Waals surface area (Å²) in [6, 6.07) is 10.0. The molecule has 0 fully saturated rings. The number of hydrogen-bond acceptors (Lipinski definition) is 4. The molecule has 82 valence electrons. The van der Waals surface area contributed by atoms with Crippen LogP contribution in [0, 0.1) is 0 Å². The van der Waals surface area contributed by atoms with Crippen molar-refractivity contribution in [2.45, 2.75) is 13.2 Å². The largest absolute Gasteiger partial charge is 0.391 e. The Kier molecular flexibility index (Phi) is 3.46. The minimum atomic E-state index is -0.0576. The highest BCUT2D eigenvalue weighted by Crippen LogP contribution is 2.11. The Morgan fingerprint density at radius 3 is 2.75 bits per heavy atom. The molecular weight excluding hydrogens is 202 g/mol. The SMILES string of the molecule is OCc1cncnc1NCc1ccccc1. The highest BCUT2D eigenvalue weighted by Gasteiger charge is 2.01. The van der Waals surface area contributed by atoms with Crippen molar-refractivity contribution in [2.75, 3.05) is 5.32 Å². The van der Waals surface area contributed by atoms with Crippen LogP contribution in [0.5, 0.6) is 0 Å². The van der Waals surface area contributed by atoms with Crippen LogP contribution in [0.15, 0.2) is 42.9 Å². The lowest BCUT2D eigenvalue weighted by molar-refractivity contribution is 0.281. The van der Waals surface area contributed by atoms with Gasteiger partial charge in [-0.05, 0) is 5.56 Å². The summed E-state index contributed by atoms with van der Waals surface area (Å²) in [6.07, 6.45) is 3.08. The number of rotatable bonds is 4. The van der Waals surface area contributed by atoms with E-state index in [0.29, 0.717) is 17.9 Å². The summed E-state index contributed by atoms with van der Waals surface area (Å²) in [5.74, 6) is 0.682. The average Bonchev–Trinajstić information content (AvgIpc) is 2.38. The van der Waals surface area contributed by atoms with Crippen molar-refractivity contribution < 1.29 is 5.11 Å². The summed E-state index contributed by atoms with van der Waals surface area (Å²) in [4.78, 5) is 7.94. The van der Waals surface area contributed by atoms with Gasteiger partial charge in [0.25, 0.3) is 0 Å². The fourth-order valence-electron chi connectivity index (χ4n) is 1.41. The second-order valence-electron chi connectivity index (χ2n) is 3.39. The van der Waals surface area contributed by atoms with Gasteiger partial charge in [-0.1, -0.05) is 30.3 Å². The first-order chi connectivity index (χ1) is 7.90. The summed E-state index contributed by atoms with van der Waals surface area (Å²) in [7, 11) is 0. The van der Waals surface area contributed by atoms with E-state index in [0.717, 1.165) is 0 Å². The van der Waals surface area contributed by atoms with Gasteiger partial charge in [-0.15, -0.1) is 0 Å². The number of benzene rings is 1. The molecule has 4 nitrogen and oxygen atoms in total. The third-order valence-corrected chi connectivity index (χ3v) is 2.26. The highest BCUT2D eigenvalue weighted by molar-refractivity contribution is 5.42. The zero-order chi connectivity index (χ0) is 11.2. The molecule has 2 N–H and O–H groups in total. The average molecular weight is 215 g/mol. The molecule has 0 amide bonds. The van der Waals surface area contributed by atoms with Crippen molar-refractivity contribution in [3.8, 4) is 0 Å². The topological polar surface area (TPSA) is 58.0 Å². The van der Waals surface area contributed by atoms with Crippen molar-refractivity contribution >= 4 is 5.82 Å². The van der Waals surface area contributed by atoms with Crippen molar-refractivity contribution in [1.29, 1.82) is 0 Å². The van der Waals surface area contributed by atoms with Crippen molar-refractivity contribution in [3.05, 3.63) is 54.0 Å². The maximum atomic E-state index is 9.10. The number of anilines is 1. The van der Waals surface area contributed by atoms with Gasteiger partial charge in [0, 0.05) is 18.3 Å². The van der Waals surface area contributed by atoms with Gasteiger partial charge in [-0.3, -0.25) is 0 Å². The van der Waals surface area contributed by atoms with Crippen LogP contribution < -0.4 is 5.32 Å². The first-order valence-electron chi connectivity index (χ1n) is 5.07. The standard InChI is InChI=1S/C12H13N3O/c16-8-11-7-13-9-15-12(11)14-6-10-4-2-1-3-5-10/h1-5,7,9,16H,6,8H2,(H,13,14,15). The van der Waals surface area contributed by atoms with E-state index < -0.39 is 0 Å². The minimum Gasteiger partial charge on any atom is -0.391 e. The Labute approximate surface area is 94.0 Å². The molecule has 0 atom stereocenters. The maximum Gasteiger partial charge on any atom is 0.135 e. The smallest absolute Gasteiger partial charge is 0.135 e. The van der Waals surface area contributed by atoms with Crippen LogP contribution >= 0.6 is 0 Å². The third-order valence-electron chi connectivity index (χ3n) is 2.26. The molecule has 0 aliphatic heterocycles. The fourth-order valence-corrected chi connectivity index (χ4v) is 1.41. The Morgan fingerprint density at radius 2 is 2.00 bits per heavy atom. The van der Waals surface area contributed by atoms with Crippen LogP contribution in [0.4, 0.5) is 5.82 Å². The van der Waals surface area contributed by atoms with Gasteiger partial charge in [0.1, 0.15) is 12.1 Å². The van der Waals surface area contributed by atoms with E-state index in [-0.39, 0.29) is 6.61 Å². The first kappa shape index (κ1) is 10.6. The first-order valence-corrected chi connectivity index (χ1v) is 5.07. The maximum absolute atomic E-state index is 9.10. The van der Waals surface area contributed by atoms with Gasteiger partial charge in [-0.25, -0.2) is 9.97 Å². The molecule has 0 saturated heterocycles. The monoisotopic (exact) mass is 215 g/mol. The quantitative estimate of drug-likeness (QED) is 0.813. The number of hydrogen-bond donors (Lipinski definition) is 2.